The van der Waals surface area contributed by atoms with Crippen LogP contribution in [0.25, 0.3) is 5.82 Å². The number of hydrogen-bond acceptors (Lipinski definition) is 5. The first-order valence-corrected chi connectivity index (χ1v) is 7.49. The lowest BCUT2D eigenvalue weighted by molar-refractivity contribution is -0.101. The Morgan fingerprint density at radius 1 is 1.45 bits per heavy atom. The molecule has 6 nitrogen and oxygen atoms in total. The minimum Gasteiger partial charge on any atom is -0.363 e. The highest BCUT2D eigenvalue weighted by atomic mass is 16.6. The lowest BCUT2D eigenvalue weighted by Gasteiger charge is -2.14. The SMILES string of the molecule is CCOC(O)c1nn(-c2cc(C)ccn2)c2c1C(=O)CCC2. The van der Waals surface area contributed by atoms with Gasteiger partial charge >= 0.3 is 0 Å². The highest BCUT2D eigenvalue weighted by Crippen LogP contribution is 2.30. The first kappa shape index (κ1) is 14.9. The van der Waals surface area contributed by atoms with Gasteiger partial charge in [-0.1, -0.05) is 0 Å². The average molecular weight is 301 g/mol. The van der Waals surface area contributed by atoms with Crippen LogP contribution in [0.2, 0.25) is 0 Å². The Morgan fingerprint density at radius 3 is 3.00 bits per heavy atom. The summed E-state index contributed by atoms with van der Waals surface area (Å²) in [7, 11) is 0. The lowest BCUT2D eigenvalue weighted by atomic mass is 9.94. The number of ether oxygens (including phenoxy) is 1. The zero-order valence-electron chi connectivity index (χ0n) is 12.7. The van der Waals surface area contributed by atoms with E-state index < -0.39 is 6.29 Å². The zero-order valence-corrected chi connectivity index (χ0v) is 12.7. The molecule has 1 aliphatic carbocycles. The second kappa shape index (κ2) is 5.98. The molecule has 0 bridgehead atoms. The Hall–Kier alpha value is -2.05. The van der Waals surface area contributed by atoms with Gasteiger partial charge in [0.05, 0.1) is 11.3 Å². The number of ketones is 1. The van der Waals surface area contributed by atoms with E-state index in [0.29, 0.717) is 30.1 Å². The van der Waals surface area contributed by atoms with Crippen molar-refractivity contribution in [1.82, 2.24) is 14.8 Å². The monoisotopic (exact) mass is 301 g/mol. The van der Waals surface area contributed by atoms with Crippen molar-refractivity contribution in [3.63, 3.8) is 0 Å². The molecule has 1 atom stereocenters. The fraction of sp³-hybridized carbons (Fsp3) is 0.438. The molecule has 2 heterocycles. The third kappa shape index (κ3) is 2.55. The highest BCUT2D eigenvalue weighted by molar-refractivity contribution is 5.99. The summed E-state index contributed by atoms with van der Waals surface area (Å²) < 4.78 is 6.89. The molecule has 1 N–H and O–H groups in total. The summed E-state index contributed by atoms with van der Waals surface area (Å²) in [6.07, 6.45) is 2.52. The number of carbonyl (C=O) groups is 1. The third-order valence-electron chi connectivity index (χ3n) is 3.78. The number of Topliss-reactive ketones (excluding diaryl/α,β-unsaturated/α-hetero) is 1. The van der Waals surface area contributed by atoms with E-state index >= 15 is 0 Å². The fourth-order valence-corrected chi connectivity index (χ4v) is 2.78. The number of pyridine rings is 1. The summed E-state index contributed by atoms with van der Waals surface area (Å²) >= 11 is 0. The van der Waals surface area contributed by atoms with E-state index in [1.807, 2.05) is 19.1 Å². The Kier molecular flexibility index (Phi) is 4.04. The molecule has 0 aromatic carbocycles. The van der Waals surface area contributed by atoms with Crippen LogP contribution in [0.4, 0.5) is 0 Å². The predicted molar refractivity (Wildman–Crippen MR) is 80.0 cm³/mol. The molecule has 116 valence electrons. The van der Waals surface area contributed by atoms with Crippen molar-refractivity contribution in [2.45, 2.75) is 39.4 Å². The molecule has 2 aromatic heterocycles. The van der Waals surface area contributed by atoms with Gasteiger partial charge in [-0.15, -0.1) is 0 Å². The highest BCUT2D eigenvalue weighted by Gasteiger charge is 2.31. The summed E-state index contributed by atoms with van der Waals surface area (Å²) in [6, 6.07) is 3.81. The number of rotatable bonds is 4. The van der Waals surface area contributed by atoms with Crippen molar-refractivity contribution in [2.24, 2.45) is 0 Å². The topological polar surface area (TPSA) is 77.2 Å². The third-order valence-corrected chi connectivity index (χ3v) is 3.78. The lowest BCUT2D eigenvalue weighted by Crippen LogP contribution is -2.15. The minimum absolute atomic E-state index is 0.00825. The van der Waals surface area contributed by atoms with Crippen molar-refractivity contribution in [2.75, 3.05) is 6.61 Å². The largest absolute Gasteiger partial charge is 0.363 e. The zero-order chi connectivity index (χ0) is 15.7. The summed E-state index contributed by atoms with van der Waals surface area (Å²) in [4.78, 5) is 16.6. The van der Waals surface area contributed by atoms with Gasteiger partial charge in [0.2, 0.25) is 6.29 Å². The van der Waals surface area contributed by atoms with Crippen LogP contribution < -0.4 is 0 Å². The molecule has 0 amide bonds. The van der Waals surface area contributed by atoms with E-state index in [4.69, 9.17) is 4.74 Å². The van der Waals surface area contributed by atoms with Gasteiger partial charge in [0.25, 0.3) is 0 Å². The average Bonchev–Trinajstić information content (AvgIpc) is 2.88. The second-order valence-corrected chi connectivity index (χ2v) is 5.39. The van der Waals surface area contributed by atoms with Crippen LogP contribution in [0.5, 0.6) is 0 Å². The van der Waals surface area contributed by atoms with Crippen LogP contribution in [-0.2, 0) is 11.2 Å². The van der Waals surface area contributed by atoms with Crippen LogP contribution >= 0.6 is 0 Å². The van der Waals surface area contributed by atoms with Gasteiger partial charge in [-0.2, -0.15) is 5.10 Å². The van der Waals surface area contributed by atoms with Crippen LogP contribution in [0.1, 0.15) is 53.4 Å². The van der Waals surface area contributed by atoms with Crippen molar-refractivity contribution < 1.29 is 14.6 Å². The summed E-state index contributed by atoms with van der Waals surface area (Å²) in [5.74, 6) is 0.662. The van der Waals surface area contributed by atoms with Gasteiger partial charge in [-0.05, 0) is 44.4 Å². The second-order valence-electron chi connectivity index (χ2n) is 5.39. The maximum Gasteiger partial charge on any atom is 0.201 e. The predicted octanol–water partition coefficient (Wildman–Crippen LogP) is 2.12. The van der Waals surface area contributed by atoms with Crippen LogP contribution in [0.15, 0.2) is 18.3 Å². The maximum absolute atomic E-state index is 12.3. The molecule has 0 saturated carbocycles. The number of aliphatic hydroxyl groups excluding tert-OH is 1. The molecule has 0 saturated heterocycles. The van der Waals surface area contributed by atoms with Crippen LogP contribution in [0.3, 0.4) is 0 Å². The summed E-state index contributed by atoms with van der Waals surface area (Å²) in [6.45, 7) is 4.11. The van der Waals surface area contributed by atoms with Gasteiger partial charge < -0.3 is 9.84 Å². The standard InChI is InChI=1S/C16H19N3O3/c1-3-22-16(21)15-14-11(5-4-6-12(14)20)19(18-15)13-9-10(2)7-8-17-13/h7-9,16,21H,3-6H2,1-2H3. The maximum atomic E-state index is 12.3. The first-order valence-electron chi connectivity index (χ1n) is 7.49. The quantitative estimate of drug-likeness (QED) is 0.875. The number of fused-ring (bicyclic) bond motifs is 1. The fourth-order valence-electron chi connectivity index (χ4n) is 2.78. The van der Waals surface area contributed by atoms with Crippen molar-refractivity contribution in [3.8, 4) is 5.82 Å². The van der Waals surface area contributed by atoms with Crippen molar-refractivity contribution >= 4 is 5.78 Å². The number of aryl methyl sites for hydroxylation is 1. The molecule has 0 fully saturated rings. The Balaban J connectivity index is 2.15. The molecule has 0 radical (unpaired) electrons. The molecule has 1 unspecified atom stereocenters. The molecule has 2 aromatic rings. The van der Waals surface area contributed by atoms with E-state index in [0.717, 1.165) is 24.1 Å². The molecular weight excluding hydrogens is 282 g/mol. The van der Waals surface area contributed by atoms with Crippen molar-refractivity contribution in [1.29, 1.82) is 0 Å². The number of hydrogen-bond donors (Lipinski definition) is 1. The van der Waals surface area contributed by atoms with E-state index in [-0.39, 0.29) is 5.78 Å². The molecule has 6 heteroatoms. The Labute approximate surface area is 128 Å². The normalized spacial score (nSPS) is 15.7. The molecular formula is C16H19N3O3. The van der Waals surface area contributed by atoms with E-state index in [1.165, 1.54) is 0 Å². The van der Waals surface area contributed by atoms with E-state index in [2.05, 4.69) is 10.1 Å². The molecule has 0 aliphatic heterocycles. The summed E-state index contributed by atoms with van der Waals surface area (Å²) in [5.41, 5.74) is 2.66. The number of aromatic nitrogens is 3. The van der Waals surface area contributed by atoms with Gasteiger partial charge in [0, 0.05) is 19.2 Å². The molecule has 3 rings (SSSR count). The van der Waals surface area contributed by atoms with Crippen molar-refractivity contribution in [3.05, 3.63) is 40.8 Å². The Morgan fingerprint density at radius 2 is 2.27 bits per heavy atom. The van der Waals surface area contributed by atoms with E-state index in [1.54, 1.807) is 17.8 Å². The van der Waals surface area contributed by atoms with Gasteiger partial charge in [-0.25, -0.2) is 9.67 Å². The van der Waals surface area contributed by atoms with Crippen LogP contribution in [0, 0.1) is 6.92 Å². The molecule has 1 aliphatic rings. The van der Waals surface area contributed by atoms with Gasteiger partial charge in [0.15, 0.2) is 11.6 Å². The number of nitrogens with zero attached hydrogens (tertiary/aromatic N) is 3. The van der Waals surface area contributed by atoms with E-state index in [9.17, 15) is 9.90 Å². The Bertz CT molecular complexity index is 709. The number of carbonyl (C=O) groups excluding carboxylic acids is 1. The van der Waals surface area contributed by atoms with Crippen LogP contribution in [-0.4, -0.2) is 32.3 Å². The first-order chi connectivity index (χ1) is 10.6. The smallest absolute Gasteiger partial charge is 0.201 e. The summed E-state index contributed by atoms with van der Waals surface area (Å²) in [5, 5.41) is 14.6. The molecule has 22 heavy (non-hydrogen) atoms. The molecule has 0 spiro atoms. The van der Waals surface area contributed by atoms with Gasteiger partial charge in [-0.3, -0.25) is 4.79 Å². The number of aliphatic hydroxyl groups is 1. The minimum atomic E-state index is -1.19. The van der Waals surface area contributed by atoms with Gasteiger partial charge in [0.1, 0.15) is 5.69 Å².